The number of rotatable bonds is 4. The first-order valence-corrected chi connectivity index (χ1v) is 8.98. The van der Waals surface area contributed by atoms with Crippen molar-refractivity contribution in [1.82, 2.24) is 10.3 Å². The van der Waals surface area contributed by atoms with Crippen LogP contribution in [0.2, 0.25) is 0 Å². The van der Waals surface area contributed by atoms with Gasteiger partial charge in [-0.25, -0.2) is 4.63 Å². The van der Waals surface area contributed by atoms with Crippen LogP contribution in [0.3, 0.4) is 0 Å². The molecule has 0 atom stereocenters. The van der Waals surface area contributed by atoms with Gasteiger partial charge >= 0.3 is 0 Å². The lowest BCUT2D eigenvalue weighted by Gasteiger charge is -2.09. The molecule has 7 nitrogen and oxygen atoms in total. The number of aliphatic imine (C=N–C) groups is 1. The zero-order valence-electron chi connectivity index (χ0n) is 13.4. The van der Waals surface area contributed by atoms with Gasteiger partial charge in [0.25, 0.3) is 5.91 Å². The number of aromatic nitrogens is 2. The molecule has 0 fully saturated rings. The third kappa shape index (κ3) is 3.94. The Morgan fingerprint density at radius 1 is 1.28 bits per heavy atom. The molecule has 0 unspecified atom stereocenters. The van der Waals surface area contributed by atoms with Gasteiger partial charge in [0.05, 0.1) is 5.56 Å². The number of amidine groups is 1. The van der Waals surface area contributed by atoms with Gasteiger partial charge in [0.2, 0.25) is 5.82 Å². The average molecular weight is 420 g/mol. The molecule has 2 heterocycles. The lowest BCUT2D eigenvalue weighted by Crippen LogP contribution is -2.19. The van der Waals surface area contributed by atoms with Crippen LogP contribution in [-0.2, 0) is 0 Å². The van der Waals surface area contributed by atoms with Crippen LogP contribution >= 0.6 is 27.3 Å². The lowest BCUT2D eigenvalue weighted by atomic mass is 10.2. The molecule has 9 heteroatoms. The number of hydrogen-bond donors (Lipinski definition) is 2. The Labute approximate surface area is 156 Å². The topological polar surface area (TPSA) is 92.4 Å². The van der Waals surface area contributed by atoms with Crippen LogP contribution in [0.5, 0.6) is 0 Å². The summed E-state index contributed by atoms with van der Waals surface area (Å²) in [6.45, 7) is 2.00. The highest BCUT2D eigenvalue weighted by Gasteiger charge is 2.19. The van der Waals surface area contributed by atoms with Crippen molar-refractivity contribution in [2.45, 2.75) is 6.92 Å². The molecule has 1 amide bonds. The standard InChI is InChI=1S/C16H14BrN5O2S/c1-9-3-4-11(7-12(9)17)19-14(18-2)13-15(22-24-21-13)20-16(23)10-5-6-25-8-10/h3-8H,1-2H3,(H,18,19)(H,20,22,23). The number of nitrogens with zero attached hydrogens (tertiary/aromatic N) is 3. The van der Waals surface area contributed by atoms with E-state index in [1.165, 1.54) is 11.3 Å². The quantitative estimate of drug-likeness (QED) is 0.493. The van der Waals surface area contributed by atoms with Crippen LogP contribution in [0.15, 0.2) is 49.1 Å². The Morgan fingerprint density at radius 2 is 2.12 bits per heavy atom. The molecule has 0 aliphatic heterocycles. The van der Waals surface area contributed by atoms with Crippen LogP contribution in [0.25, 0.3) is 0 Å². The van der Waals surface area contributed by atoms with E-state index in [1.54, 1.807) is 18.5 Å². The number of anilines is 2. The number of halogens is 1. The first-order valence-electron chi connectivity index (χ1n) is 7.25. The molecule has 2 aromatic heterocycles. The van der Waals surface area contributed by atoms with E-state index in [1.807, 2.05) is 30.5 Å². The molecule has 128 valence electrons. The van der Waals surface area contributed by atoms with Gasteiger partial charge in [-0.05, 0) is 46.4 Å². The summed E-state index contributed by atoms with van der Waals surface area (Å²) in [6.07, 6.45) is 0. The first kappa shape index (κ1) is 17.3. The number of carbonyl (C=O) groups is 1. The lowest BCUT2D eigenvalue weighted by molar-refractivity contribution is 0.102. The normalized spacial score (nSPS) is 11.4. The third-order valence-electron chi connectivity index (χ3n) is 3.39. The van der Waals surface area contributed by atoms with E-state index in [0.717, 1.165) is 15.7 Å². The zero-order valence-corrected chi connectivity index (χ0v) is 15.8. The van der Waals surface area contributed by atoms with E-state index in [2.05, 4.69) is 41.9 Å². The van der Waals surface area contributed by atoms with Gasteiger partial charge < -0.3 is 10.6 Å². The molecule has 0 spiro atoms. The summed E-state index contributed by atoms with van der Waals surface area (Å²) in [5.41, 5.74) is 2.80. The zero-order chi connectivity index (χ0) is 17.8. The van der Waals surface area contributed by atoms with Crippen molar-refractivity contribution in [3.05, 3.63) is 56.3 Å². The van der Waals surface area contributed by atoms with Crippen LogP contribution in [0.4, 0.5) is 11.5 Å². The van der Waals surface area contributed by atoms with E-state index < -0.39 is 0 Å². The molecule has 3 rings (SSSR count). The summed E-state index contributed by atoms with van der Waals surface area (Å²) in [7, 11) is 1.62. The molecule has 0 aliphatic rings. The largest absolute Gasteiger partial charge is 0.338 e. The van der Waals surface area contributed by atoms with Crippen LogP contribution in [-0.4, -0.2) is 29.1 Å². The van der Waals surface area contributed by atoms with E-state index in [0.29, 0.717) is 17.1 Å². The second-order valence-electron chi connectivity index (χ2n) is 5.09. The molecule has 0 bridgehead atoms. The van der Waals surface area contributed by atoms with Gasteiger partial charge in [-0.2, -0.15) is 11.3 Å². The van der Waals surface area contributed by atoms with Gasteiger partial charge in [-0.1, -0.05) is 22.0 Å². The minimum Gasteiger partial charge on any atom is -0.338 e. The predicted octanol–water partition coefficient (Wildman–Crippen LogP) is 3.94. The van der Waals surface area contributed by atoms with Crippen molar-refractivity contribution in [2.75, 3.05) is 17.7 Å². The van der Waals surface area contributed by atoms with Crippen LogP contribution < -0.4 is 10.6 Å². The highest BCUT2D eigenvalue weighted by atomic mass is 79.9. The number of thiophene rings is 1. The fraction of sp³-hybridized carbons (Fsp3) is 0.125. The minimum atomic E-state index is -0.285. The van der Waals surface area contributed by atoms with Crippen molar-refractivity contribution in [3.63, 3.8) is 0 Å². The second-order valence-corrected chi connectivity index (χ2v) is 6.72. The average Bonchev–Trinajstić information content (AvgIpc) is 3.27. The molecular formula is C16H14BrN5O2S. The summed E-state index contributed by atoms with van der Waals surface area (Å²) in [4.78, 5) is 16.4. The van der Waals surface area contributed by atoms with Crippen molar-refractivity contribution in [2.24, 2.45) is 4.99 Å². The third-order valence-corrected chi connectivity index (χ3v) is 4.92. The second kappa shape index (κ2) is 7.58. The van der Waals surface area contributed by atoms with E-state index in [-0.39, 0.29) is 11.7 Å². The molecule has 0 radical (unpaired) electrons. The number of benzene rings is 1. The van der Waals surface area contributed by atoms with Gasteiger partial charge in [-0.15, -0.1) is 0 Å². The van der Waals surface area contributed by atoms with Crippen molar-refractivity contribution in [3.8, 4) is 0 Å². The van der Waals surface area contributed by atoms with Crippen molar-refractivity contribution in [1.29, 1.82) is 0 Å². The fourth-order valence-electron chi connectivity index (χ4n) is 2.03. The Kier molecular flexibility index (Phi) is 5.25. The van der Waals surface area contributed by atoms with Crippen LogP contribution in [0.1, 0.15) is 21.6 Å². The molecule has 0 saturated carbocycles. The molecular weight excluding hydrogens is 406 g/mol. The Balaban J connectivity index is 1.81. The Morgan fingerprint density at radius 3 is 2.80 bits per heavy atom. The van der Waals surface area contributed by atoms with Crippen molar-refractivity contribution < 1.29 is 9.42 Å². The molecule has 1 aromatic carbocycles. The number of carbonyl (C=O) groups excluding carboxylic acids is 1. The number of nitrogens with one attached hydrogen (secondary N) is 2. The first-order chi connectivity index (χ1) is 12.1. The maximum atomic E-state index is 12.2. The summed E-state index contributed by atoms with van der Waals surface area (Å²) in [5.74, 6) is 0.347. The SMILES string of the molecule is CN=C(Nc1ccc(C)c(Br)c1)c1nonc1NC(=O)c1ccsc1. The highest BCUT2D eigenvalue weighted by molar-refractivity contribution is 9.10. The van der Waals surface area contributed by atoms with Gasteiger partial charge in [-0.3, -0.25) is 9.79 Å². The van der Waals surface area contributed by atoms with E-state index in [4.69, 9.17) is 4.63 Å². The highest BCUT2D eigenvalue weighted by Crippen LogP contribution is 2.22. The van der Waals surface area contributed by atoms with Gasteiger partial charge in [0, 0.05) is 22.6 Å². The molecule has 0 saturated heterocycles. The number of amides is 1. The van der Waals surface area contributed by atoms with Crippen molar-refractivity contribution >= 4 is 50.5 Å². The number of aryl methyl sites for hydroxylation is 1. The maximum absolute atomic E-state index is 12.2. The molecule has 25 heavy (non-hydrogen) atoms. The smallest absolute Gasteiger partial charge is 0.257 e. The van der Waals surface area contributed by atoms with Gasteiger partial charge in [0.15, 0.2) is 11.5 Å². The molecule has 3 aromatic rings. The fourth-order valence-corrected chi connectivity index (χ4v) is 3.04. The maximum Gasteiger partial charge on any atom is 0.257 e. The summed E-state index contributed by atoms with van der Waals surface area (Å²) in [5, 5.41) is 17.0. The summed E-state index contributed by atoms with van der Waals surface area (Å²) in [6, 6.07) is 7.55. The Bertz CT molecular complexity index is 921. The number of hydrogen-bond acceptors (Lipinski definition) is 6. The minimum absolute atomic E-state index is 0.204. The predicted molar refractivity (Wildman–Crippen MR) is 102 cm³/mol. The van der Waals surface area contributed by atoms with Gasteiger partial charge in [0.1, 0.15) is 0 Å². The monoisotopic (exact) mass is 419 g/mol. The van der Waals surface area contributed by atoms with Crippen LogP contribution in [0, 0.1) is 6.92 Å². The summed E-state index contributed by atoms with van der Waals surface area (Å²) < 4.78 is 5.75. The van der Waals surface area contributed by atoms with E-state index in [9.17, 15) is 4.79 Å². The summed E-state index contributed by atoms with van der Waals surface area (Å²) >= 11 is 4.93. The molecule has 0 aliphatic carbocycles. The molecule has 2 N–H and O–H groups in total. The Hall–Kier alpha value is -2.52. The van der Waals surface area contributed by atoms with E-state index >= 15 is 0 Å².